The molecule has 2 rings (SSSR count). The number of hydrogen-bond acceptors (Lipinski definition) is 2. The molecule has 2 saturated carbocycles. The summed E-state index contributed by atoms with van der Waals surface area (Å²) in [4.78, 5) is 0. The molecule has 0 radical (unpaired) electrons. The Balaban J connectivity index is 1.97. The molecule has 0 amide bonds. The van der Waals surface area contributed by atoms with E-state index in [1.807, 2.05) is 6.92 Å². The van der Waals surface area contributed by atoms with Gasteiger partial charge in [0, 0.05) is 0 Å². The first-order valence-electron chi connectivity index (χ1n) is 5.91. The summed E-state index contributed by atoms with van der Waals surface area (Å²) in [5.74, 6) is 1.24. The molecule has 0 aliphatic heterocycles. The van der Waals surface area contributed by atoms with Gasteiger partial charge in [-0.3, -0.25) is 0 Å². The summed E-state index contributed by atoms with van der Waals surface area (Å²) in [5, 5.41) is 19.4. The Morgan fingerprint density at radius 3 is 2.57 bits per heavy atom. The van der Waals surface area contributed by atoms with Crippen LogP contribution in [0.1, 0.15) is 46.0 Å². The van der Waals surface area contributed by atoms with Crippen LogP contribution in [0.3, 0.4) is 0 Å². The van der Waals surface area contributed by atoms with Gasteiger partial charge in [0.15, 0.2) is 0 Å². The smallest absolute Gasteiger partial charge is 0.0601 e. The largest absolute Gasteiger partial charge is 0.393 e. The Labute approximate surface area is 86.3 Å². The van der Waals surface area contributed by atoms with E-state index < -0.39 is 0 Å². The maximum absolute atomic E-state index is 10.1. The van der Waals surface area contributed by atoms with Gasteiger partial charge in [-0.1, -0.05) is 6.92 Å². The lowest BCUT2D eigenvalue weighted by Gasteiger charge is -2.48. The van der Waals surface area contributed by atoms with Crippen molar-refractivity contribution in [1.82, 2.24) is 0 Å². The molecule has 0 bridgehead atoms. The highest BCUT2D eigenvalue weighted by Crippen LogP contribution is 2.59. The molecule has 0 aromatic heterocycles. The maximum Gasteiger partial charge on any atom is 0.0601 e. The number of rotatable bonds is 2. The van der Waals surface area contributed by atoms with Crippen molar-refractivity contribution < 1.29 is 10.2 Å². The predicted octanol–water partition coefficient (Wildman–Crippen LogP) is 1.94. The minimum atomic E-state index is -0.210. The zero-order valence-corrected chi connectivity index (χ0v) is 9.24. The molecule has 14 heavy (non-hydrogen) atoms. The molecule has 1 spiro atoms. The van der Waals surface area contributed by atoms with Crippen molar-refractivity contribution in [3.63, 3.8) is 0 Å². The van der Waals surface area contributed by atoms with Crippen LogP contribution < -0.4 is 0 Å². The monoisotopic (exact) mass is 198 g/mol. The average Bonchev–Trinajstić information content (AvgIpc) is 2.41. The van der Waals surface area contributed by atoms with Crippen LogP contribution in [0.5, 0.6) is 0 Å². The van der Waals surface area contributed by atoms with Gasteiger partial charge in [-0.2, -0.15) is 0 Å². The molecule has 0 heterocycles. The van der Waals surface area contributed by atoms with E-state index in [1.54, 1.807) is 0 Å². The van der Waals surface area contributed by atoms with Gasteiger partial charge in [0.2, 0.25) is 0 Å². The van der Waals surface area contributed by atoms with Gasteiger partial charge >= 0.3 is 0 Å². The average molecular weight is 198 g/mol. The molecule has 5 unspecified atom stereocenters. The highest BCUT2D eigenvalue weighted by molar-refractivity contribution is 5.04. The highest BCUT2D eigenvalue weighted by atomic mass is 16.3. The highest BCUT2D eigenvalue weighted by Gasteiger charge is 2.54. The zero-order chi connectivity index (χ0) is 10.3. The summed E-state index contributed by atoms with van der Waals surface area (Å²) < 4.78 is 0. The fraction of sp³-hybridized carbons (Fsp3) is 1.00. The van der Waals surface area contributed by atoms with Crippen molar-refractivity contribution in [3.8, 4) is 0 Å². The van der Waals surface area contributed by atoms with Gasteiger partial charge < -0.3 is 10.2 Å². The molecule has 2 aliphatic rings. The minimum Gasteiger partial charge on any atom is -0.393 e. The Bertz CT molecular complexity index is 214. The van der Waals surface area contributed by atoms with Crippen molar-refractivity contribution in [2.24, 2.45) is 17.3 Å². The third-order valence-electron chi connectivity index (χ3n) is 4.59. The van der Waals surface area contributed by atoms with Crippen molar-refractivity contribution in [1.29, 1.82) is 0 Å². The van der Waals surface area contributed by atoms with E-state index in [1.165, 1.54) is 12.8 Å². The molecule has 0 aromatic carbocycles. The van der Waals surface area contributed by atoms with Crippen LogP contribution in [0.2, 0.25) is 0 Å². The van der Waals surface area contributed by atoms with Crippen molar-refractivity contribution in [2.45, 2.75) is 58.2 Å². The normalized spacial score (nSPS) is 49.3. The first kappa shape index (κ1) is 10.4. The van der Waals surface area contributed by atoms with E-state index in [4.69, 9.17) is 0 Å². The molecule has 2 nitrogen and oxygen atoms in total. The Morgan fingerprint density at radius 1 is 1.50 bits per heavy atom. The van der Waals surface area contributed by atoms with Gasteiger partial charge in [-0.25, -0.2) is 0 Å². The van der Waals surface area contributed by atoms with Gasteiger partial charge in [0.05, 0.1) is 12.2 Å². The van der Waals surface area contributed by atoms with E-state index in [-0.39, 0.29) is 17.6 Å². The van der Waals surface area contributed by atoms with Crippen LogP contribution in [0.15, 0.2) is 0 Å². The Hall–Kier alpha value is -0.0800. The quantitative estimate of drug-likeness (QED) is 0.712. The second-order valence-electron chi connectivity index (χ2n) is 5.58. The van der Waals surface area contributed by atoms with E-state index in [0.29, 0.717) is 11.8 Å². The van der Waals surface area contributed by atoms with Crippen LogP contribution in [0.25, 0.3) is 0 Å². The zero-order valence-electron chi connectivity index (χ0n) is 9.24. The molecule has 2 fully saturated rings. The lowest BCUT2D eigenvalue weighted by Crippen LogP contribution is -2.44. The summed E-state index contributed by atoms with van der Waals surface area (Å²) in [6.07, 6.45) is 5.08. The number of aliphatic hydroxyl groups is 2. The molecule has 2 aliphatic carbocycles. The molecule has 5 atom stereocenters. The SMILES string of the molecule is CC(O)CC1CC(O)C2(CCC2C)C1. The lowest BCUT2D eigenvalue weighted by atomic mass is 9.58. The predicted molar refractivity (Wildman–Crippen MR) is 55.9 cm³/mol. The van der Waals surface area contributed by atoms with Gasteiger partial charge in [0.25, 0.3) is 0 Å². The molecule has 2 N–H and O–H groups in total. The van der Waals surface area contributed by atoms with Crippen molar-refractivity contribution >= 4 is 0 Å². The summed E-state index contributed by atoms with van der Waals surface area (Å²) in [6, 6.07) is 0. The van der Waals surface area contributed by atoms with Crippen LogP contribution in [0, 0.1) is 17.3 Å². The lowest BCUT2D eigenvalue weighted by molar-refractivity contribution is -0.0584. The fourth-order valence-electron chi connectivity index (χ4n) is 3.57. The Kier molecular flexibility index (Phi) is 2.61. The van der Waals surface area contributed by atoms with Crippen LogP contribution in [-0.2, 0) is 0 Å². The summed E-state index contributed by atoms with van der Waals surface area (Å²) in [7, 11) is 0. The van der Waals surface area contributed by atoms with E-state index >= 15 is 0 Å². The van der Waals surface area contributed by atoms with Crippen LogP contribution in [0.4, 0.5) is 0 Å². The number of aliphatic hydroxyl groups excluding tert-OH is 2. The van der Waals surface area contributed by atoms with Crippen LogP contribution in [-0.4, -0.2) is 22.4 Å². The molecule has 0 aromatic rings. The Morgan fingerprint density at radius 2 is 2.21 bits per heavy atom. The molecular weight excluding hydrogens is 176 g/mol. The van der Waals surface area contributed by atoms with Crippen molar-refractivity contribution in [2.75, 3.05) is 0 Å². The third-order valence-corrected chi connectivity index (χ3v) is 4.59. The summed E-state index contributed by atoms with van der Waals surface area (Å²) in [5.41, 5.74) is 0.236. The molecule has 0 saturated heterocycles. The van der Waals surface area contributed by atoms with Crippen LogP contribution >= 0.6 is 0 Å². The fourth-order valence-corrected chi connectivity index (χ4v) is 3.57. The van der Waals surface area contributed by atoms with Gasteiger partial charge in [0.1, 0.15) is 0 Å². The summed E-state index contributed by atoms with van der Waals surface area (Å²) >= 11 is 0. The standard InChI is InChI=1S/C12H22O2/c1-8-3-4-12(8)7-10(5-9(2)13)6-11(12)14/h8-11,13-14H,3-7H2,1-2H3. The second kappa shape index (κ2) is 3.49. The first-order chi connectivity index (χ1) is 6.54. The molecular formula is C12H22O2. The minimum absolute atomic E-state index is 0.102. The van der Waals surface area contributed by atoms with E-state index in [9.17, 15) is 10.2 Å². The topological polar surface area (TPSA) is 40.5 Å². The van der Waals surface area contributed by atoms with Gasteiger partial charge in [-0.15, -0.1) is 0 Å². The van der Waals surface area contributed by atoms with Gasteiger partial charge in [-0.05, 0) is 56.3 Å². The van der Waals surface area contributed by atoms with E-state index in [0.717, 1.165) is 19.3 Å². The molecule has 2 heteroatoms. The summed E-state index contributed by atoms with van der Waals surface area (Å²) in [6.45, 7) is 4.11. The first-order valence-corrected chi connectivity index (χ1v) is 5.91. The maximum atomic E-state index is 10.1. The van der Waals surface area contributed by atoms with E-state index in [2.05, 4.69) is 6.92 Å². The van der Waals surface area contributed by atoms with Crippen molar-refractivity contribution in [3.05, 3.63) is 0 Å². The number of hydrogen-bond donors (Lipinski definition) is 2. The second-order valence-corrected chi connectivity index (χ2v) is 5.58. The third kappa shape index (κ3) is 1.49. The molecule has 82 valence electrons.